The van der Waals surface area contributed by atoms with Gasteiger partial charge in [-0.1, -0.05) is 13.8 Å². The molecule has 0 fully saturated rings. The summed E-state index contributed by atoms with van der Waals surface area (Å²) in [6.45, 7) is 6.39. The van der Waals surface area contributed by atoms with Gasteiger partial charge < -0.3 is 5.32 Å². The first-order valence-corrected chi connectivity index (χ1v) is 2.12. The fraction of sp³-hybridized carbons (Fsp3) is 1.00. The zero-order valence-corrected chi connectivity index (χ0v) is 8.81. The predicted octanol–water partition coefficient (Wildman–Crippen LogP) is 2.30. The summed E-state index contributed by atoms with van der Waals surface area (Å²) in [6, 6.07) is 0. The van der Waals surface area contributed by atoms with Gasteiger partial charge in [0, 0.05) is 0 Å². The van der Waals surface area contributed by atoms with Crippen LogP contribution in [0.5, 0.6) is 0 Å². The molecule has 0 heterocycles. The quantitative estimate of drug-likeness (QED) is 0.751. The topological polar surface area (TPSA) is 12.0 Å². The van der Waals surface area contributed by atoms with Crippen LogP contribution in [-0.4, -0.2) is 13.1 Å². The zero-order chi connectivity index (χ0) is 4.12. The summed E-state index contributed by atoms with van der Waals surface area (Å²) in [5.74, 6) is 0. The molecule has 0 aliphatic heterocycles. The van der Waals surface area contributed by atoms with Crippen molar-refractivity contribution in [2.75, 3.05) is 13.1 Å². The lowest BCUT2D eigenvalue weighted by atomic mass is 10.7. The molecule has 0 radical (unpaired) electrons. The van der Waals surface area contributed by atoms with Gasteiger partial charge in [0.05, 0.1) is 0 Å². The highest BCUT2D eigenvalue weighted by Gasteiger charge is 1.62. The lowest BCUT2D eigenvalue weighted by molar-refractivity contribution is 0.762. The highest BCUT2D eigenvalue weighted by atomic mass is 35.5. The average molecular weight is 219 g/mol. The molecule has 0 aromatic heterocycles. The lowest BCUT2D eigenvalue weighted by Gasteiger charge is -1.86. The van der Waals surface area contributed by atoms with Crippen molar-refractivity contribution in [3.63, 3.8) is 0 Å². The van der Waals surface area contributed by atoms with Gasteiger partial charge in [-0.2, -0.15) is 0 Å². The van der Waals surface area contributed by atoms with Crippen LogP contribution < -0.4 is 5.32 Å². The van der Waals surface area contributed by atoms with E-state index in [0.717, 1.165) is 13.1 Å². The summed E-state index contributed by atoms with van der Waals surface area (Å²) in [5.41, 5.74) is 0. The third-order valence-corrected chi connectivity index (χ3v) is 0.500. The Labute approximate surface area is 82.0 Å². The molecule has 0 rings (SSSR count). The first-order chi connectivity index (χ1) is 2.41. The van der Waals surface area contributed by atoms with Gasteiger partial charge in [0.25, 0.3) is 0 Å². The molecular weight excluding hydrogens is 204 g/mol. The summed E-state index contributed by atoms with van der Waals surface area (Å²) < 4.78 is 0. The molecule has 1 N–H and O–H groups in total. The minimum absolute atomic E-state index is 0. The van der Waals surface area contributed by atoms with Crippen LogP contribution in [0, 0.1) is 0 Å². The molecule has 64 valence electrons. The van der Waals surface area contributed by atoms with Crippen molar-refractivity contribution in [1.82, 2.24) is 5.32 Å². The number of nitrogens with one attached hydrogen (secondary N) is 1. The van der Waals surface area contributed by atoms with E-state index in [1.807, 2.05) is 0 Å². The van der Waals surface area contributed by atoms with Crippen molar-refractivity contribution in [2.24, 2.45) is 0 Å². The Balaban J connectivity index is -0.0000000133. The van der Waals surface area contributed by atoms with E-state index in [1.54, 1.807) is 0 Å². The first-order valence-electron chi connectivity index (χ1n) is 2.12. The van der Waals surface area contributed by atoms with Crippen LogP contribution in [-0.2, 0) is 0 Å². The maximum atomic E-state index is 3.11. The SMILES string of the molecule is CCNCC.Cl.Cl.Cl.Cl. The van der Waals surface area contributed by atoms with Crippen LogP contribution in [0.4, 0.5) is 0 Å². The monoisotopic (exact) mass is 217 g/mol. The minimum Gasteiger partial charge on any atom is -0.317 e. The fourth-order valence-electron chi connectivity index (χ4n) is 0.250. The molecule has 0 amide bonds. The van der Waals surface area contributed by atoms with Gasteiger partial charge in [0.1, 0.15) is 0 Å². The molecule has 0 atom stereocenters. The molecule has 0 aromatic rings. The van der Waals surface area contributed by atoms with E-state index >= 15 is 0 Å². The third kappa shape index (κ3) is 47.5. The Morgan fingerprint density at radius 1 is 0.778 bits per heavy atom. The van der Waals surface area contributed by atoms with Crippen LogP contribution >= 0.6 is 49.6 Å². The second kappa shape index (κ2) is 35.4. The second-order valence-electron chi connectivity index (χ2n) is 0.957. The van der Waals surface area contributed by atoms with Crippen LogP contribution in [0.15, 0.2) is 0 Å². The number of hydrogen-bond acceptors (Lipinski definition) is 1. The zero-order valence-electron chi connectivity index (χ0n) is 5.55. The maximum absolute atomic E-state index is 3.11. The van der Waals surface area contributed by atoms with Gasteiger partial charge in [0.2, 0.25) is 0 Å². The maximum Gasteiger partial charge on any atom is -0.00775 e. The predicted molar refractivity (Wildman–Crippen MR) is 53.2 cm³/mol. The Kier molecular flexibility index (Phi) is 126. The van der Waals surface area contributed by atoms with E-state index in [0.29, 0.717) is 0 Å². The highest BCUT2D eigenvalue weighted by molar-refractivity contribution is 5.86. The third-order valence-electron chi connectivity index (χ3n) is 0.500. The van der Waals surface area contributed by atoms with Gasteiger partial charge in [-0.15, -0.1) is 49.6 Å². The summed E-state index contributed by atoms with van der Waals surface area (Å²) >= 11 is 0. The molecule has 0 unspecified atom stereocenters. The highest BCUT2D eigenvalue weighted by Crippen LogP contribution is 1.47. The van der Waals surface area contributed by atoms with Gasteiger partial charge >= 0.3 is 0 Å². The van der Waals surface area contributed by atoms with Gasteiger partial charge in [-0.3, -0.25) is 0 Å². The molecule has 0 bridgehead atoms. The van der Waals surface area contributed by atoms with Gasteiger partial charge in [-0.25, -0.2) is 0 Å². The van der Waals surface area contributed by atoms with Crippen LogP contribution in [0.25, 0.3) is 0 Å². The Bertz CT molecular complexity index is 20.0. The van der Waals surface area contributed by atoms with Gasteiger partial charge in [0.15, 0.2) is 0 Å². The lowest BCUT2D eigenvalue weighted by Crippen LogP contribution is -2.09. The van der Waals surface area contributed by atoms with Crippen molar-refractivity contribution in [3.05, 3.63) is 0 Å². The summed E-state index contributed by atoms with van der Waals surface area (Å²) in [4.78, 5) is 0. The van der Waals surface area contributed by atoms with E-state index in [9.17, 15) is 0 Å². The first kappa shape index (κ1) is 32.1. The minimum atomic E-state index is 0. The molecule has 0 aliphatic carbocycles. The molecule has 0 saturated carbocycles. The average Bonchev–Trinajstić information content (AvgIpc) is 1.41. The van der Waals surface area contributed by atoms with Crippen molar-refractivity contribution in [2.45, 2.75) is 13.8 Å². The standard InChI is InChI=1S/C4H11N.4ClH/c1-3-5-4-2;;;;/h5H,3-4H2,1-2H3;4*1H. The molecule has 0 aromatic carbocycles. The van der Waals surface area contributed by atoms with E-state index in [1.165, 1.54) is 0 Å². The van der Waals surface area contributed by atoms with E-state index < -0.39 is 0 Å². The fourth-order valence-corrected chi connectivity index (χ4v) is 0.250. The molecule has 1 nitrogen and oxygen atoms in total. The van der Waals surface area contributed by atoms with Crippen LogP contribution in [0.3, 0.4) is 0 Å². The van der Waals surface area contributed by atoms with Crippen molar-refractivity contribution in [3.8, 4) is 0 Å². The van der Waals surface area contributed by atoms with E-state index in [-0.39, 0.29) is 49.6 Å². The van der Waals surface area contributed by atoms with Crippen molar-refractivity contribution in [1.29, 1.82) is 0 Å². The summed E-state index contributed by atoms with van der Waals surface area (Å²) in [7, 11) is 0. The molecule has 0 spiro atoms. The number of halogens is 4. The molecule has 5 heteroatoms. The largest absolute Gasteiger partial charge is 0.317 e. The van der Waals surface area contributed by atoms with Crippen molar-refractivity contribution < 1.29 is 0 Å². The van der Waals surface area contributed by atoms with Crippen LogP contribution in [0.2, 0.25) is 0 Å². The van der Waals surface area contributed by atoms with Crippen molar-refractivity contribution >= 4 is 49.6 Å². The second-order valence-corrected chi connectivity index (χ2v) is 0.957. The molecule has 0 aliphatic rings. The molecule has 9 heavy (non-hydrogen) atoms. The molecular formula is C4H15Cl4N. The Morgan fingerprint density at radius 3 is 1.00 bits per heavy atom. The summed E-state index contributed by atoms with van der Waals surface area (Å²) in [6.07, 6.45) is 0. The smallest absolute Gasteiger partial charge is 0.00775 e. The van der Waals surface area contributed by atoms with E-state index in [4.69, 9.17) is 0 Å². The molecule has 0 saturated heterocycles. The normalized spacial score (nSPS) is 4.67. The number of hydrogen-bond donors (Lipinski definition) is 1. The van der Waals surface area contributed by atoms with E-state index in [2.05, 4.69) is 19.2 Å². The summed E-state index contributed by atoms with van der Waals surface area (Å²) in [5, 5.41) is 3.11. The number of rotatable bonds is 2. The van der Waals surface area contributed by atoms with Crippen LogP contribution in [0.1, 0.15) is 13.8 Å². The Hall–Kier alpha value is 1.12. The Morgan fingerprint density at radius 2 is 1.00 bits per heavy atom. The van der Waals surface area contributed by atoms with Gasteiger partial charge in [-0.05, 0) is 13.1 Å².